The predicted molar refractivity (Wildman–Crippen MR) is 132 cm³/mol. The summed E-state index contributed by atoms with van der Waals surface area (Å²) in [6.45, 7) is 5.02. The molecule has 0 fully saturated rings. The zero-order chi connectivity index (χ0) is 24.9. The maximum atomic E-state index is 12.8. The van der Waals surface area contributed by atoms with Gasteiger partial charge in [-0.3, -0.25) is 4.79 Å². The van der Waals surface area contributed by atoms with Gasteiger partial charge in [0.15, 0.2) is 0 Å². The maximum Gasteiger partial charge on any atom is 0.322 e. The van der Waals surface area contributed by atoms with Crippen LogP contribution in [0.1, 0.15) is 19.7 Å². The molecule has 0 aliphatic carbocycles. The van der Waals surface area contributed by atoms with Crippen molar-refractivity contribution in [2.75, 3.05) is 0 Å². The Bertz CT molecular complexity index is 1680. The normalized spacial score (nSPS) is 13.1. The first-order valence-electron chi connectivity index (χ1n) is 10.7. The van der Waals surface area contributed by atoms with Gasteiger partial charge in [0, 0.05) is 28.6 Å². The second-order valence-electron chi connectivity index (χ2n) is 8.45. The van der Waals surface area contributed by atoms with E-state index in [1.165, 1.54) is 23.5 Å². The lowest BCUT2D eigenvalue weighted by atomic mass is 10.1. The van der Waals surface area contributed by atoms with E-state index >= 15 is 0 Å². The Morgan fingerprint density at radius 2 is 1.80 bits per heavy atom. The molecule has 0 saturated heterocycles. The van der Waals surface area contributed by atoms with Crippen LogP contribution >= 0.6 is 11.3 Å². The number of carbonyl (C=O) groups is 1. The summed E-state index contributed by atoms with van der Waals surface area (Å²) in [5.41, 5.74) is 1.98. The fourth-order valence-corrected chi connectivity index (χ4v) is 6.08. The molecule has 0 unspecified atom stereocenters. The molecule has 0 aliphatic heterocycles. The van der Waals surface area contributed by atoms with Gasteiger partial charge in [-0.05, 0) is 53.9 Å². The van der Waals surface area contributed by atoms with E-state index in [-0.39, 0.29) is 4.90 Å². The number of thiophene rings is 1. The maximum absolute atomic E-state index is 12.8. The van der Waals surface area contributed by atoms with Gasteiger partial charge in [-0.15, -0.1) is 11.3 Å². The van der Waals surface area contributed by atoms with Gasteiger partial charge in [0.25, 0.3) is 0 Å². The highest BCUT2D eigenvalue weighted by Crippen LogP contribution is 2.37. The molecule has 5 aromatic rings. The van der Waals surface area contributed by atoms with E-state index in [0.29, 0.717) is 22.9 Å². The van der Waals surface area contributed by atoms with Crippen LogP contribution in [-0.4, -0.2) is 35.7 Å². The summed E-state index contributed by atoms with van der Waals surface area (Å²) in [4.78, 5) is 17.6. The van der Waals surface area contributed by atoms with Crippen molar-refractivity contribution in [3.05, 3.63) is 54.4 Å². The van der Waals surface area contributed by atoms with Gasteiger partial charge in [0.1, 0.15) is 17.2 Å². The van der Waals surface area contributed by atoms with Crippen LogP contribution in [0.3, 0.4) is 0 Å². The molecule has 1 atom stereocenters. The highest BCUT2D eigenvalue weighted by molar-refractivity contribution is 7.89. The van der Waals surface area contributed by atoms with Crippen molar-refractivity contribution >= 4 is 49.3 Å². The first kappa shape index (κ1) is 23.2. The molecule has 5 rings (SSSR count). The molecule has 3 aromatic heterocycles. The number of fused-ring (bicyclic) bond motifs is 3. The lowest BCUT2D eigenvalue weighted by Crippen LogP contribution is -2.44. The molecular weight excluding hydrogens is 490 g/mol. The molecule has 0 aliphatic rings. The molecule has 0 saturated carbocycles. The van der Waals surface area contributed by atoms with E-state index < -0.39 is 28.0 Å². The number of hydrogen-bond acceptors (Lipinski definition) is 8. The molecule has 0 spiro atoms. The lowest BCUT2D eigenvalue weighted by Gasteiger charge is -2.17. The number of aliphatic carboxylic acids is 1. The molecule has 0 radical (unpaired) electrons. The van der Waals surface area contributed by atoms with Crippen LogP contribution in [0.5, 0.6) is 0 Å². The number of furan rings is 1. The van der Waals surface area contributed by atoms with Gasteiger partial charge in [-0.1, -0.05) is 19.0 Å². The quantitative estimate of drug-likeness (QED) is 0.309. The average Bonchev–Trinajstić information content (AvgIpc) is 3.54. The largest absolute Gasteiger partial charge is 0.480 e. The fraction of sp³-hybridized carbons (Fsp3) is 0.208. The SMILES string of the molecule is Cc1nc(-c2ccc(-c3ccc4oc5cc(S(=O)(=O)N[C@H](C(=O)O)C(C)C)ccc5c4c3)s2)no1. The first-order chi connectivity index (χ1) is 16.6. The summed E-state index contributed by atoms with van der Waals surface area (Å²) in [6, 6.07) is 13.0. The third-order valence-corrected chi connectivity index (χ3v) is 8.18. The number of rotatable bonds is 7. The van der Waals surface area contributed by atoms with Crippen molar-refractivity contribution < 1.29 is 27.3 Å². The third kappa shape index (κ3) is 4.33. The van der Waals surface area contributed by atoms with Crippen LogP contribution in [0.15, 0.2) is 62.4 Å². The van der Waals surface area contributed by atoms with Crippen LogP contribution < -0.4 is 4.72 Å². The third-order valence-electron chi connectivity index (χ3n) is 5.61. The Labute approximate surface area is 204 Å². The minimum atomic E-state index is -4.06. The number of aromatic nitrogens is 2. The number of nitrogens with one attached hydrogen (secondary N) is 1. The summed E-state index contributed by atoms with van der Waals surface area (Å²) < 4.78 is 38.9. The highest BCUT2D eigenvalue weighted by atomic mass is 32.2. The van der Waals surface area contributed by atoms with Gasteiger partial charge in [-0.2, -0.15) is 9.71 Å². The number of carboxylic acids is 1. The number of benzene rings is 2. The van der Waals surface area contributed by atoms with E-state index in [4.69, 9.17) is 8.94 Å². The topological polar surface area (TPSA) is 136 Å². The minimum absolute atomic E-state index is 0.0607. The molecule has 0 amide bonds. The second kappa shape index (κ2) is 8.59. The van der Waals surface area contributed by atoms with Crippen molar-refractivity contribution in [1.29, 1.82) is 0 Å². The van der Waals surface area contributed by atoms with Crippen molar-refractivity contribution in [2.45, 2.75) is 31.7 Å². The Kier molecular flexibility index (Phi) is 5.70. The standard InChI is InChI=1S/C24H21N3O6S2/c1-12(2)22(24(28)29)27-35(30,31)15-5-6-16-17-10-14(4-7-18(17)32-19(16)11-15)20-8-9-21(34-20)23-25-13(3)33-26-23/h4-12,22,27H,1-3H3,(H,28,29)/t22-/m0/s1. The fourth-order valence-electron chi connectivity index (χ4n) is 3.80. The molecule has 0 bridgehead atoms. The van der Waals surface area contributed by atoms with Crippen molar-refractivity contribution in [3.8, 4) is 21.1 Å². The highest BCUT2D eigenvalue weighted by Gasteiger charge is 2.28. The summed E-state index contributed by atoms with van der Waals surface area (Å²) in [5.74, 6) is -0.608. The summed E-state index contributed by atoms with van der Waals surface area (Å²) in [7, 11) is -4.06. The molecule has 11 heteroatoms. The lowest BCUT2D eigenvalue weighted by molar-refractivity contribution is -0.140. The number of sulfonamides is 1. The van der Waals surface area contributed by atoms with E-state index in [9.17, 15) is 18.3 Å². The van der Waals surface area contributed by atoms with Crippen LogP contribution in [-0.2, 0) is 14.8 Å². The van der Waals surface area contributed by atoms with Gasteiger partial charge in [-0.25, -0.2) is 8.42 Å². The van der Waals surface area contributed by atoms with Crippen molar-refractivity contribution in [1.82, 2.24) is 14.9 Å². The molecular formula is C24H21N3O6S2. The summed E-state index contributed by atoms with van der Waals surface area (Å²) in [6.07, 6.45) is 0. The van der Waals surface area contributed by atoms with E-state index in [2.05, 4.69) is 14.9 Å². The Hall–Kier alpha value is -3.54. The van der Waals surface area contributed by atoms with Gasteiger partial charge < -0.3 is 14.0 Å². The van der Waals surface area contributed by atoms with Crippen molar-refractivity contribution in [2.24, 2.45) is 5.92 Å². The summed E-state index contributed by atoms with van der Waals surface area (Å²) >= 11 is 1.53. The zero-order valence-corrected chi connectivity index (χ0v) is 20.6. The molecule has 180 valence electrons. The van der Waals surface area contributed by atoms with E-state index in [0.717, 1.165) is 26.1 Å². The Morgan fingerprint density at radius 3 is 2.49 bits per heavy atom. The number of aryl methyl sites for hydroxylation is 1. The molecule has 2 aromatic carbocycles. The second-order valence-corrected chi connectivity index (χ2v) is 11.3. The molecule has 3 heterocycles. The number of nitrogens with zero attached hydrogens (tertiary/aromatic N) is 2. The average molecular weight is 512 g/mol. The van der Waals surface area contributed by atoms with Gasteiger partial charge in [0.05, 0.1) is 9.77 Å². The van der Waals surface area contributed by atoms with E-state index in [1.807, 2.05) is 30.3 Å². The molecule has 35 heavy (non-hydrogen) atoms. The van der Waals surface area contributed by atoms with Crippen LogP contribution in [0, 0.1) is 12.8 Å². The Morgan fingerprint density at radius 1 is 1.03 bits per heavy atom. The molecule has 2 N–H and O–H groups in total. The van der Waals surface area contributed by atoms with E-state index in [1.54, 1.807) is 26.8 Å². The Balaban J connectivity index is 1.50. The number of hydrogen-bond donors (Lipinski definition) is 2. The van der Waals surface area contributed by atoms with Crippen LogP contribution in [0.4, 0.5) is 0 Å². The monoisotopic (exact) mass is 511 g/mol. The first-order valence-corrected chi connectivity index (χ1v) is 13.0. The van der Waals surface area contributed by atoms with Crippen LogP contribution in [0.25, 0.3) is 43.1 Å². The summed E-state index contributed by atoms with van der Waals surface area (Å²) in [5, 5.41) is 14.9. The number of carboxylic acid groups (broad SMARTS) is 1. The minimum Gasteiger partial charge on any atom is -0.480 e. The van der Waals surface area contributed by atoms with Crippen molar-refractivity contribution in [3.63, 3.8) is 0 Å². The van der Waals surface area contributed by atoms with Crippen LogP contribution in [0.2, 0.25) is 0 Å². The molecule has 9 nitrogen and oxygen atoms in total. The van der Waals surface area contributed by atoms with Gasteiger partial charge in [0.2, 0.25) is 21.7 Å². The van der Waals surface area contributed by atoms with Gasteiger partial charge >= 0.3 is 5.97 Å². The zero-order valence-electron chi connectivity index (χ0n) is 19.0. The predicted octanol–water partition coefficient (Wildman–Crippen LogP) is 5.06. The smallest absolute Gasteiger partial charge is 0.322 e.